The molecule has 4 rings (SSSR count). The lowest BCUT2D eigenvalue weighted by atomic mass is 9.87. The van der Waals surface area contributed by atoms with Gasteiger partial charge in [0.05, 0.1) is 19.0 Å². The molecule has 1 aliphatic heterocycles. The number of hydrogen-bond donors (Lipinski definition) is 2. The van der Waals surface area contributed by atoms with Crippen molar-refractivity contribution in [3.05, 3.63) is 64.3 Å². The lowest BCUT2D eigenvalue weighted by Crippen LogP contribution is -2.24. The average molecular weight is 441 g/mol. The van der Waals surface area contributed by atoms with E-state index in [4.69, 9.17) is 26.8 Å². The van der Waals surface area contributed by atoms with Crippen molar-refractivity contribution in [2.75, 3.05) is 19.0 Å². The smallest absolute Gasteiger partial charge is 0.255 e. The summed E-state index contributed by atoms with van der Waals surface area (Å²) in [5, 5.41) is 8.08. The summed E-state index contributed by atoms with van der Waals surface area (Å²) in [6, 6.07) is 10.9. The number of nitrogens with two attached hydrogens (primary N) is 1. The van der Waals surface area contributed by atoms with E-state index in [1.165, 1.54) is 7.11 Å². The van der Waals surface area contributed by atoms with Crippen LogP contribution in [-0.2, 0) is 9.59 Å². The van der Waals surface area contributed by atoms with E-state index >= 15 is 0 Å². The fourth-order valence-electron chi connectivity index (χ4n) is 3.69. The van der Waals surface area contributed by atoms with E-state index in [0.717, 1.165) is 22.4 Å². The molecule has 8 nitrogen and oxygen atoms in total. The number of halogens is 1. The maximum Gasteiger partial charge on any atom is 0.255 e. The van der Waals surface area contributed by atoms with Gasteiger partial charge < -0.3 is 20.5 Å². The molecule has 2 heterocycles. The van der Waals surface area contributed by atoms with Crippen LogP contribution in [0.1, 0.15) is 29.0 Å². The van der Waals surface area contributed by atoms with Gasteiger partial charge in [0.15, 0.2) is 18.1 Å². The van der Waals surface area contributed by atoms with Crippen molar-refractivity contribution in [1.29, 1.82) is 0 Å². The summed E-state index contributed by atoms with van der Waals surface area (Å²) in [6.07, 6.45) is 2.02. The molecule has 3 aromatic rings. The molecule has 160 valence electrons. The molecule has 1 aromatic heterocycles. The molecule has 1 aliphatic rings. The Balaban J connectivity index is 1.74. The molecule has 0 bridgehead atoms. The van der Waals surface area contributed by atoms with E-state index < -0.39 is 5.91 Å². The molecule has 0 fully saturated rings. The van der Waals surface area contributed by atoms with Crippen LogP contribution in [0.2, 0.25) is 5.02 Å². The maximum absolute atomic E-state index is 12.6. The van der Waals surface area contributed by atoms with Crippen molar-refractivity contribution in [3.63, 3.8) is 0 Å². The highest BCUT2D eigenvalue weighted by molar-refractivity contribution is 6.31. The first-order valence-corrected chi connectivity index (χ1v) is 9.99. The summed E-state index contributed by atoms with van der Waals surface area (Å²) < 4.78 is 12.5. The third-order valence-corrected chi connectivity index (χ3v) is 5.66. The minimum Gasteiger partial charge on any atom is -0.493 e. The first kappa shape index (κ1) is 20.7. The lowest BCUT2D eigenvalue weighted by Gasteiger charge is -2.24. The number of amides is 2. The summed E-state index contributed by atoms with van der Waals surface area (Å²) in [5.74, 6) is 0.534. The highest BCUT2D eigenvalue weighted by Gasteiger charge is 2.31. The molecule has 31 heavy (non-hydrogen) atoms. The predicted octanol–water partition coefficient (Wildman–Crippen LogP) is 3.18. The van der Waals surface area contributed by atoms with Gasteiger partial charge in [0.25, 0.3) is 5.91 Å². The first-order chi connectivity index (χ1) is 14.9. The standard InChI is InChI=1S/C22H21ClN4O4/c1-12-16(23)4-3-5-17(12)27-22-15(10-25-27)14(9-21(29)26-22)13-6-7-18(19(8-13)30-2)31-11-20(24)28/h3-8,10,14H,9,11H2,1-2H3,(H2,24,28)(H,26,29). The summed E-state index contributed by atoms with van der Waals surface area (Å²) in [6.45, 7) is 1.65. The zero-order valence-electron chi connectivity index (χ0n) is 17.0. The van der Waals surface area contributed by atoms with Crippen LogP contribution in [0.3, 0.4) is 0 Å². The summed E-state index contributed by atoms with van der Waals surface area (Å²) in [4.78, 5) is 23.6. The summed E-state index contributed by atoms with van der Waals surface area (Å²) in [7, 11) is 1.51. The molecule has 2 amide bonds. The molecule has 0 radical (unpaired) electrons. The Kier molecular flexibility index (Phi) is 5.56. The van der Waals surface area contributed by atoms with E-state index in [1.807, 2.05) is 31.2 Å². The highest BCUT2D eigenvalue weighted by atomic mass is 35.5. The van der Waals surface area contributed by atoms with Crippen molar-refractivity contribution < 1.29 is 19.1 Å². The Hall–Kier alpha value is -3.52. The number of ether oxygens (including phenoxy) is 2. The Labute approximate surface area is 183 Å². The molecule has 2 aromatic carbocycles. The second kappa shape index (κ2) is 8.31. The van der Waals surface area contributed by atoms with Crippen molar-refractivity contribution in [1.82, 2.24) is 9.78 Å². The van der Waals surface area contributed by atoms with Crippen LogP contribution in [0.15, 0.2) is 42.6 Å². The van der Waals surface area contributed by atoms with Crippen molar-refractivity contribution in [3.8, 4) is 17.2 Å². The average Bonchev–Trinajstić information content (AvgIpc) is 3.17. The van der Waals surface area contributed by atoms with Gasteiger partial charge in [-0.05, 0) is 42.3 Å². The van der Waals surface area contributed by atoms with Crippen LogP contribution in [-0.4, -0.2) is 35.3 Å². The Morgan fingerprint density at radius 2 is 2.13 bits per heavy atom. The van der Waals surface area contributed by atoms with Crippen LogP contribution >= 0.6 is 11.6 Å². The van der Waals surface area contributed by atoms with Gasteiger partial charge in [-0.3, -0.25) is 9.59 Å². The predicted molar refractivity (Wildman–Crippen MR) is 116 cm³/mol. The molecular formula is C22H21ClN4O4. The monoisotopic (exact) mass is 440 g/mol. The minimum absolute atomic E-state index is 0.119. The molecule has 0 aliphatic carbocycles. The third kappa shape index (κ3) is 3.94. The number of nitrogens with one attached hydrogen (secondary N) is 1. The molecule has 0 saturated carbocycles. The molecule has 0 saturated heterocycles. The topological polar surface area (TPSA) is 108 Å². The SMILES string of the molecule is COc1cc(C2CC(=O)Nc3c2cnn3-c2cccc(Cl)c2C)ccc1OCC(N)=O. The fourth-order valence-corrected chi connectivity index (χ4v) is 3.86. The van der Waals surface area contributed by atoms with Crippen molar-refractivity contribution in [2.24, 2.45) is 5.73 Å². The number of aromatic nitrogens is 2. The molecule has 1 atom stereocenters. The number of anilines is 1. The number of carbonyl (C=O) groups excluding carboxylic acids is 2. The van der Waals surface area contributed by atoms with E-state index in [-0.39, 0.29) is 24.9 Å². The number of primary amides is 1. The van der Waals surface area contributed by atoms with Gasteiger partial charge in [-0.1, -0.05) is 23.7 Å². The molecule has 1 unspecified atom stereocenters. The molecule has 0 spiro atoms. The lowest BCUT2D eigenvalue weighted by molar-refractivity contribution is -0.120. The third-order valence-electron chi connectivity index (χ3n) is 5.25. The minimum atomic E-state index is -0.580. The molecular weight excluding hydrogens is 420 g/mol. The first-order valence-electron chi connectivity index (χ1n) is 9.61. The fraction of sp³-hybridized carbons (Fsp3) is 0.227. The van der Waals surface area contributed by atoms with Gasteiger partial charge in [0, 0.05) is 22.9 Å². The number of rotatable bonds is 6. The second-order valence-corrected chi connectivity index (χ2v) is 7.62. The number of fused-ring (bicyclic) bond motifs is 1. The zero-order valence-corrected chi connectivity index (χ0v) is 17.8. The Morgan fingerprint density at radius 3 is 2.87 bits per heavy atom. The van der Waals surface area contributed by atoms with Gasteiger partial charge in [0.2, 0.25) is 5.91 Å². The number of nitrogens with zero attached hydrogens (tertiary/aromatic N) is 2. The van der Waals surface area contributed by atoms with E-state index in [9.17, 15) is 9.59 Å². The quantitative estimate of drug-likeness (QED) is 0.612. The van der Waals surface area contributed by atoms with Gasteiger partial charge in [-0.15, -0.1) is 0 Å². The van der Waals surface area contributed by atoms with E-state index in [2.05, 4.69) is 10.4 Å². The van der Waals surface area contributed by atoms with Gasteiger partial charge in [0.1, 0.15) is 5.82 Å². The summed E-state index contributed by atoms with van der Waals surface area (Å²) >= 11 is 6.28. The largest absolute Gasteiger partial charge is 0.493 e. The molecule has 9 heteroatoms. The van der Waals surface area contributed by atoms with Gasteiger partial charge in [-0.25, -0.2) is 4.68 Å². The van der Waals surface area contributed by atoms with Crippen LogP contribution in [0.4, 0.5) is 5.82 Å². The Morgan fingerprint density at radius 1 is 1.32 bits per heavy atom. The molecule has 3 N–H and O–H groups in total. The van der Waals surface area contributed by atoms with Crippen LogP contribution in [0, 0.1) is 6.92 Å². The van der Waals surface area contributed by atoms with Crippen LogP contribution < -0.4 is 20.5 Å². The summed E-state index contributed by atoms with van der Waals surface area (Å²) in [5.41, 5.74) is 8.55. The number of benzene rings is 2. The van der Waals surface area contributed by atoms with E-state index in [0.29, 0.717) is 22.3 Å². The van der Waals surface area contributed by atoms with Crippen molar-refractivity contribution in [2.45, 2.75) is 19.3 Å². The second-order valence-electron chi connectivity index (χ2n) is 7.21. The van der Waals surface area contributed by atoms with E-state index in [1.54, 1.807) is 23.0 Å². The number of hydrogen-bond acceptors (Lipinski definition) is 5. The van der Waals surface area contributed by atoms with Gasteiger partial charge >= 0.3 is 0 Å². The van der Waals surface area contributed by atoms with Gasteiger partial charge in [-0.2, -0.15) is 5.10 Å². The number of methoxy groups -OCH3 is 1. The highest BCUT2D eigenvalue weighted by Crippen LogP contribution is 2.41. The Bertz CT molecular complexity index is 1170. The van der Waals surface area contributed by atoms with Crippen LogP contribution in [0.25, 0.3) is 5.69 Å². The normalized spacial score (nSPS) is 15.2. The van der Waals surface area contributed by atoms with Crippen LogP contribution in [0.5, 0.6) is 11.5 Å². The maximum atomic E-state index is 12.6. The zero-order chi connectivity index (χ0) is 22.1. The number of carbonyl (C=O) groups is 2. The van der Waals surface area contributed by atoms with Crippen molar-refractivity contribution >= 4 is 29.2 Å².